The van der Waals surface area contributed by atoms with Gasteiger partial charge in [0.15, 0.2) is 23.1 Å². The predicted molar refractivity (Wildman–Crippen MR) is 63.8 cm³/mol. The van der Waals surface area contributed by atoms with E-state index < -0.39 is 17.2 Å². The molecule has 0 amide bonds. The highest BCUT2D eigenvalue weighted by molar-refractivity contribution is 5.51. The summed E-state index contributed by atoms with van der Waals surface area (Å²) in [6, 6.07) is 0.763. The van der Waals surface area contributed by atoms with Crippen molar-refractivity contribution in [1.29, 1.82) is 0 Å². The zero-order valence-corrected chi connectivity index (χ0v) is 10.6. The molecule has 1 aliphatic carbocycles. The minimum absolute atomic E-state index is 0.0161. The van der Waals surface area contributed by atoms with Crippen LogP contribution in [0.25, 0.3) is 0 Å². The lowest BCUT2D eigenvalue weighted by molar-refractivity contribution is 0.320. The molecule has 18 heavy (non-hydrogen) atoms. The van der Waals surface area contributed by atoms with Gasteiger partial charge in [0.1, 0.15) is 0 Å². The van der Waals surface area contributed by atoms with Crippen LogP contribution in [0.15, 0.2) is 6.07 Å². The molecule has 1 aromatic rings. The first-order chi connectivity index (χ1) is 8.53. The molecule has 2 N–H and O–H groups in total. The van der Waals surface area contributed by atoms with Crippen molar-refractivity contribution in [2.75, 3.05) is 14.2 Å². The molecule has 5 heteroatoms. The fraction of sp³-hybridized carbons (Fsp3) is 0.538. The van der Waals surface area contributed by atoms with E-state index in [0.29, 0.717) is 18.4 Å². The lowest BCUT2D eigenvalue weighted by Crippen LogP contribution is -2.34. The summed E-state index contributed by atoms with van der Waals surface area (Å²) in [5.74, 6) is -1.53. The average molecular weight is 257 g/mol. The molecule has 0 spiro atoms. The molecule has 0 aromatic heterocycles. The number of halogens is 2. The maximum Gasteiger partial charge on any atom is 0.168 e. The largest absolute Gasteiger partial charge is 0.493 e. The molecule has 0 unspecified atom stereocenters. The van der Waals surface area contributed by atoms with Crippen LogP contribution >= 0.6 is 0 Å². The Morgan fingerprint density at radius 2 is 1.50 bits per heavy atom. The van der Waals surface area contributed by atoms with Gasteiger partial charge in [-0.3, -0.25) is 0 Å². The van der Waals surface area contributed by atoms with Crippen LogP contribution in [0.5, 0.6) is 11.5 Å². The molecule has 1 saturated carbocycles. The Morgan fingerprint density at radius 3 is 1.89 bits per heavy atom. The summed E-state index contributed by atoms with van der Waals surface area (Å²) in [6.45, 7) is 0. The predicted octanol–water partition coefficient (Wildman–Crippen LogP) is 2.71. The lowest BCUT2D eigenvalue weighted by atomic mass is 9.87. The number of benzene rings is 1. The second kappa shape index (κ2) is 4.72. The fourth-order valence-electron chi connectivity index (χ4n) is 2.69. The Hall–Kier alpha value is -1.36. The van der Waals surface area contributed by atoms with Crippen LogP contribution in [-0.2, 0) is 5.54 Å². The Labute approximate surface area is 105 Å². The Morgan fingerprint density at radius 1 is 1.06 bits per heavy atom. The van der Waals surface area contributed by atoms with Gasteiger partial charge >= 0.3 is 0 Å². The third-order valence-electron chi connectivity index (χ3n) is 3.54. The molecule has 0 aliphatic heterocycles. The molecule has 3 nitrogen and oxygen atoms in total. The van der Waals surface area contributed by atoms with Crippen molar-refractivity contribution in [3.05, 3.63) is 23.3 Å². The zero-order valence-electron chi connectivity index (χ0n) is 10.6. The summed E-state index contributed by atoms with van der Waals surface area (Å²) in [5.41, 5.74) is 5.81. The second-order valence-electron chi connectivity index (χ2n) is 4.64. The van der Waals surface area contributed by atoms with E-state index in [0.717, 1.165) is 18.9 Å². The molecule has 1 aliphatic rings. The van der Waals surface area contributed by atoms with Crippen molar-refractivity contribution in [2.24, 2.45) is 5.73 Å². The molecule has 100 valence electrons. The first-order valence-corrected chi connectivity index (χ1v) is 5.93. The van der Waals surface area contributed by atoms with Crippen LogP contribution in [0.2, 0.25) is 0 Å². The molecule has 2 rings (SSSR count). The zero-order chi connectivity index (χ0) is 13.3. The second-order valence-corrected chi connectivity index (χ2v) is 4.64. The third kappa shape index (κ3) is 1.92. The van der Waals surface area contributed by atoms with Gasteiger partial charge in [-0.1, -0.05) is 12.8 Å². The van der Waals surface area contributed by atoms with Gasteiger partial charge in [-0.15, -0.1) is 0 Å². The highest BCUT2D eigenvalue weighted by atomic mass is 19.1. The number of hydrogen-bond acceptors (Lipinski definition) is 3. The van der Waals surface area contributed by atoms with Crippen LogP contribution in [0.3, 0.4) is 0 Å². The molecule has 0 atom stereocenters. The van der Waals surface area contributed by atoms with Crippen LogP contribution in [0.4, 0.5) is 8.78 Å². The standard InChI is InChI=1S/C13H17F2NO2/c1-17-11-8(14)7-9(15)12(18-2)10(11)13(16)5-3-4-6-13/h7H,3-6,16H2,1-2H3. The molecule has 1 aromatic carbocycles. The monoisotopic (exact) mass is 257 g/mol. The van der Waals surface area contributed by atoms with Crippen LogP contribution in [0, 0.1) is 11.6 Å². The molecule has 1 fully saturated rings. The van der Waals surface area contributed by atoms with Crippen molar-refractivity contribution >= 4 is 0 Å². The maximum absolute atomic E-state index is 13.8. The summed E-state index contributed by atoms with van der Waals surface area (Å²) in [5, 5.41) is 0. The molecular weight excluding hydrogens is 240 g/mol. The van der Waals surface area contributed by atoms with E-state index in [2.05, 4.69) is 0 Å². The summed E-state index contributed by atoms with van der Waals surface area (Å²) in [7, 11) is 2.69. The van der Waals surface area contributed by atoms with E-state index >= 15 is 0 Å². The average Bonchev–Trinajstić information content (AvgIpc) is 2.76. The SMILES string of the molecule is COc1c(F)cc(F)c(OC)c1C1(N)CCCC1. The van der Waals surface area contributed by atoms with Crippen molar-refractivity contribution in [3.8, 4) is 11.5 Å². The van der Waals surface area contributed by atoms with E-state index in [1.165, 1.54) is 14.2 Å². The van der Waals surface area contributed by atoms with Crippen LogP contribution in [0.1, 0.15) is 31.2 Å². The van der Waals surface area contributed by atoms with Gasteiger partial charge in [-0.25, -0.2) is 8.78 Å². The number of nitrogens with two attached hydrogens (primary N) is 1. The number of ether oxygens (including phenoxy) is 2. The summed E-state index contributed by atoms with van der Waals surface area (Å²) >= 11 is 0. The van der Waals surface area contributed by atoms with E-state index in [1.807, 2.05) is 0 Å². The Bertz CT molecular complexity index is 429. The van der Waals surface area contributed by atoms with Crippen molar-refractivity contribution in [1.82, 2.24) is 0 Å². The summed E-state index contributed by atoms with van der Waals surface area (Å²) in [4.78, 5) is 0. The van der Waals surface area contributed by atoms with E-state index in [9.17, 15) is 8.78 Å². The van der Waals surface area contributed by atoms with E-state index in [1.54, 1.807) is 0 Å². The van der Waals surface area contributed by atoms with Gasteiger partial charge in [0.05, 0.1) is 19.8 Å². The molecule has 0 bridgehead atoms. The van der Waals surface area contributed by atoms with E-state index in [-0.39, 0.29) is 11.5 Å². The first kappa shape index (κ1) is 13.1. The topological polar surface area (TPSA) is 44.5 Å². The molecule has 0 saturated heterocycles. The van der Waals surface area contributed by atoms with Crippen molar-refractivity contribution < 1.29 is 18.3 Å². The van der Waals surface area contributed by atoms with Gasteiger partial charge in [-0.05, 0) is 12.8 Å². The Kier molecular flexibility index (Phi) is 3.43. The number of hydrogen-bond donors (Lipinski definition) is 1. The minimum atomic E-state index is -0.778. The van der Waals surface area contributed by atoms with Gasteiger partial charge in [0.2, 0.25) is 0 Å². The highest BCUT2D eigenvalue weighted by Gasteiger charge is 2.39. The van der Waals surface area contributed by atoms with Gasteiger partial charge < -0.3 is 15.2 Å². The molecule has 0 heterocycles. The Balaban J connectivity index is 2.68. The van der Waals surface area contributed by atoms with Crippen molar-refractivity contribution in [2.45, 2.75) is 31.2 Å². The quantitative estimate of drug-likeness (QED) is 0.905. The normalized spacial score (nSPS) is 17.8. The summed E-state index contributed by atoms with van der Waals surface area (Å²) < 4.78 is 37.6. The fourth-order valence-corrected chi connectivity index (χ4v) is 2.69. The van der Waals surface area contributed by atoms with Gasteiger partial charge in [-0.2, -0.15) is 0 Å². The molecule has 0 radical (unpaired) electrons. The van der Waals surface area contributed by atoms with E-state index in [4.69, 9.17) is 15.2 Å². The van der Waals surface area contributed by atoms with Gasteiger partial charge in [0.25, 0.3) is 0 Å². The van der Waals surface area contributed by atoms with Crippen LogP contribution in [-0.4, -0.2) is 14.2 Å². The smallest absolute Gasteiger partial charge is 0.168 e. The first-order valence-electron chi connectivity index (χ1n) is 5.93. The molecular formula is C13H17F2NO2. The number of rotatable bonds is 3. The highest BCUT2D eigenvalue weighted by Crippen LogP contribution is 2.47. The van der Waals surface area contributed by atoms with Gasteiger partial charge in [0, 0.05) is 11.6 Å². The number of methoxy groups -OCH3 is 2. The maximum atomic E-state index is 13.8. The third-order valence-corrected chi connectivity index (χ3v) is 3.54. The van der Waals surface area contributed by atoms with Crippen molar-refractivity contribution in [3.63, 3.8) is 0 Å². The minimum Gasteiger partial charge on any atom is -0.493 e. The summed E-state index contributed by atoms with van der Waals surface area (Å²) in [6.07, 6.45) is 3.20. The lowest BCUT2D eigenvalue weighted by Gasteiger charge is -2.28. The van der Waals surface area contributed by atoms with Crippen LogP contribution < -0.4 is 15.2 Å².